The van der Waals surface area contributed by atoms with Gasteiger partial charge in [-0.05, 0) is 82.2 Å². The molecular formula is C49H95NO4. The summed E-state index contributed by atoms with van der Waals surface area (Å²) in [5.41, 5.74) is 0. The van der Waals surface area contributed by atoms with Crippen LogP contribution in [-0.2, 0) is 19.1 Å². The maximum absolute atomic E-state index is 12.3. The number of carbonyl (C=O) groups is 2. The average molecular weight is 762 g/mol. The minimum atomic E-state index is 0.0210. The Morgan fingerprint density at radius 3 is 1.11 bits per heavy atom. The van der Waals surface area contributed by atoms with Crippen LogP contribution in [0.4, 0.5) is 0 Å². The minimum Gasteiger partial charge on any atom is -0.466 e. The lowest BCUT2D eigenvalue weighted by Gasteiger charge is -2.30. The second-order valence-corrected chi connectivity index (χ2v) is 17.6. The molecule has 0 spiro atoms. The molecular weight excluding hydrogens is 667 g/mol. The monoisotopic (exact) mass is 762 g/mol. The second kappa shape index (κ2) is 38.8. The van der Waals surface area contributed by atoms with Crippen molar-refractivity contribution in [1.29, 1.82) is 0 Å². The van der Waals surface area contributed by atoms with E-state index in [1.54, 1.807) is 0 Å². The number of rotatable bonds is 40. The van der Waals surface area contributed by atoms with Gasteiger partial charge in [-0.15, -0.1) is 0 Å². The molecule has 1 saturated heterocycles. The number of ether oxygens (including phenoxy) is 2. The lowest BCUT2D eigenvalue weighted by molar-refractivity contribution is -0.145. The average Bonchev–Trinajstić information content (AvgIpc) is 3.18. The summed E-state index contributed by atoms with van der Waals surface area (Å²) >= 11 is 0. The summed E-state index contributed by atoms with van der Waals surface area (Å²) in [5.74, 6) is 2.36. The van der Waals surface area contributed by atoms with Gasteiger partial charge in [-0.1, -0.05) is 188 Å². The van der Waals surface area contributed by atoms with Gasteiger partial charge in [0, 0.05) is 19.4 Å². The molecule has 1 rings (SSSR count). The fourth-order valence-electron chi connectivity index (χ4n) is 8.67. The molecule has 320 valence electrons. The van der Waals surface area contributed by atoms with E-state index in [1.165, 1.54) is 193 Å². The Kier molecular flexibility index (Phi) is 36.5. The van der Waals surface area contributed by atoms with E-state index in [0.29, 0.717) is 26.1 Å². The summed E-state index contributed by atoms with van der Waals surface area (Å²) in [5, 5.41) is 0. The third-order valence-corrected chi connectivity index (χ3v) is 12.4. The molecule has 1 aliphatic heterocycles. The van der Waals surface area contributed by atoms with Gasteiger partial charge in [-0.3, -0.25) is 9.59 Å². The van der Waals surface area contributed by atoms with Crippen molar-refractivity contribution < 1.29 is 19.1 Å². The highest BCUT2D eigenvalue weighted by molar-refractivity contribution is 5.69. The first-order valence-corrected chi connectivity index (χ1v) is 24.6. The van der Waals surface area contributed by atoms with Gasteiger partial charge in [-0.25, -0.2) is 0 Å². The van der Waals surface area contributed by atoms with Crippen LogP contribution < -0.4 is 0 Å². The molecule has 0 aromatic heterocycles. The summed E-state index contributed by atoms with van der Waals surface area (Å²) in [7, 11) is 0. The number of piperidine rings is 1. The third-order valence-electron chi connectivity index (χ3n) is 12.4. The van der Waals surface area contributed by atoms with Crippen LogP contribution >= 0.6 is 0 Å². The standard InChI is InChI=1S/C49H95NO4/c1-5-9-30-45(31-10-6-2)38-42-53-48(51)36-26-21-17-13-15-19-24-34-47(44-50-40-28-23-29-41-50)35-25-20-16-14-18-22-27-37-49(52)54-43-39-46(32-11-7-3)33-12-8-4/h45-47H,5-44H2,1-4H3. The molecule has 1 heterocycles. The Hall–Kier alpha value is -1.10. The predicted octanol–water partition coefficient (Wildman–Crippen LogP) is 15.0. The number of likely N-dealkylation sites (tertiary alicyclic amines) is 1. The van der Waals surface area contributed by atoms with Crippen LogP contribution in [0.3, 0.4) is 0 Å². The van der Waals surface area contributed by atoms with Crippen molar-refractivity contribution in [2.75, 3.05) is 32.8 Å². The lowest BCUT2D eigenvalue weighted by atomic mass is 9.93. The predicted molar refractivity (Wildman–Crippen MR) is 233 cm³/mol. The summed E-state index contributed by atoms with van der Waals surface area (Å²) in [6.07, 6.45) is 43.2. The van der Waals surface area contributed by atoms with Crippen molar-refractivity contribution in [3.05, 3.63) is 0 Å². The van der Waals surface area contributed by atoms with Crippen molar-refractivity contribution in [3.63, 3.8) is 0 Å². The molecule has 0 aromatic rings. The number of esters is 2. The summed E-state index contributed by atoms with van der Waals surface area (Å²) < 4.78 is 11.2. The zero-order chi connectivity index (χ0) is 39.2. The van der Waals surface area contributed by atoms with E-state index in [-0.39, 0.29) is 11.9 Å². The molecule has 1 fully saturated rings. The zero-order valence-electron chi connectivity index (χ0n) is 37.1. The van der Waals surface area contributed by atoms with Crippen molar-refractivity contribution in [2.45, 2.75) is 252 Å². The minimum absolute atomic E-state index is 0.0210. The number of nitrogens with zero attached hydrogens (tertiary/aromatic N) is 1. The number of hydrogen-bond acceptors (Lipinski definition) is 5. The van der Waals surface area contributed by atoms with E-state index in [0.717, 1.165) is 56.3 Å². The van der Waals surface area contributed by atoms with Gasteiger partial charge in [0.25, 0.3) is 0 Å². The summed E-state index contributed by atoms with van der Waals surface area (Å²) in [6, 6.07) is 0. The molecule has 0 atom stereocenters. The van der Waals surface area contributed by atoms with E-state index >= 15 is 0 Å². The Bertz CT molecular complexity index is 740. The van der Waals surface area contributed by atoms with Crippen LogP contribution in [0.15, 0.2) is 0 Å². The van der Waals surface area contributed by atoms with E-state index in [4.69, 9.17) is 9.47 Å². The quantitative estimate of drug-likeness (QED) is 0.0460. The zero-order valence-corrected chi connectivity index (χ0v) is 37.1. The highest BCUT2D eigenvalue weighted by Crippen LogP contribution is 2.24. The van der Waals surface area contributed by atoms with Crippen LogP contribution in [0.1, 0.15) is 252 Å². The molecule has 5 heteroatoms. The number of unbranched alkanes of at least 4 members (excludes halogenated alkanes) is 16. The second-order valence-electron chi connectivity index (χ2n) is 17.6. The van der Waals surface area contributed by atoms with Gasteiger partial charge in [0.1, 0.15) is 0 Å². The van der Waals surface area contributed by atoms with Crippen LogP contribution in [0.25, 0.3) is 0 Å². The van der Waals surface area contributed by atoms with Crippen LogP contribution in [0, 0.1) is 17.8 Å². The molecule has 0 saturated carbocycles. The Morgan fingerprint density at radius 2 is 0.741 bits per heavy atom. The van der Waals surface area contributed by atoms with Gasteiger partial charge in [0.05, 0.1) is 13.2 Å². The molecule has 0 unspecified atom stereocenters. The van der Waals surface area contributed by atoms with Gasteiger partial charge in [0.15, 0.2) is 0 Å². The third kappa shape index (κ3) is 32.0. The molecule has 5 nitrogen and oxygen atoms in total. The highest BCUT2D eigenvalue weighted by atomic mass is 16.5. The largest absolute Gasteiger partial charge is 0.466 e. The highest BCUT2D eigenvalue weighted by Gasteiger charge is 2.17. The Balaban J connectivity index is 2.11. The molecule has 54 heavy (non-hydrogen) atoms. The molecule has 0 amide bonds. The van der Waals surface area contributed by atoms with E-state index in [9.17, 15) is 9.59 Å². The van der Waals surface area contributed by atoms with Gasteiger partial charge >= 0.3 is 11.9 Å². The molecule has 0 bridgehead atoms. The van der Waals surface area contributed by atoms with Crippen LogP contribution in [-0.4, -0.2) is 49.7 Å². The molecule has 1 aliphatic rings. The normalized spacial score (nSPS) is 13.8. The lowest BCUT2D eigenvalue weighted by Crippen LogP contribution is -2.34. The van der Waals surface area contributed by atoms with Crippen molar-refractivity contribution in [3.8, 4) is 0 Å². The smallest absolute Gasteiger partial charge is 0.305 e. The van der Waals surface area contributed by atoms with E-state index in [1.807, 2.05) is 0 Å². The first kappa shape index (κ1) is 50.9. The first-order valence-electron chi connectivity index (χ1n) is 24.6. The maximum Gasteiger partial charge on any atom is 0.305 e. The maximum atomic E-state index is 12.3. The molecule has 0 radical (unpaired) electrons. The Labute approximate surface area is 338 Å². The topological polar surface area (TPSA) is 55.8 Å². The van der Waals surface area contributed by atoms with Crippen LogP contribution in [0.2, 0.25) is 0 Å². The fourth-order valence-corrected chi connectivity index (χ4v) is 8.67. The number of carbonyl (C=O) groups excluding carboxylic acids is 2. The van der Waals surface area contributed by atoms with Crippen molar-refractivity contribution in [2.24, 2.45) is 17.8 Å². The van der Waals surface area contributed by atoms with E-state index < -0.39 is 0 Å². The first-order chi connectivity index (χ1) is 26.5. The summed E-state index contributed by atoms with van der Waals surface area (Å²) in [6.45, 7) is 14.2. The summed E-state index contributed by atoms with van der Waals surface area (Å²) in [4.78, 5) is 27.3. The Morgan fingerprint density at radius 1 is 0.407 bits per heavy atom. The van der Waals surface area contributed by atoms with Crippen LogP contribution in [0.5, 0.6) is 0 Å². The van der Waals surface area contributed by atoms with Gasteiger partial charge in [0.2, 0.25) is 0 Å². The van der Waals surface area contributed by atoms with Crippen molar-refractivity contribution in [1.82, 2.24) is 4.90 Å². The SMILES string of the molecule is CCCCC(CCCC)CCOC(=O)CCCCCCCCCC(CCCCCCCCCC(=O)OCCC(CCCC)CCCC)CN1CCCCC1. The molecule has 0 N–H and O–H groups in total. The molecule has 0 aliphatic carbocycles. The van der Waals surface area contributed by atoms with Gasteiger partial charge in [-0.2, -0.15) is 0 Å². The van der Waals surface area contributed by atoms with Crippen molar-refractivity contribution >= 4 is 11.9 Å². The molecule has 0 aromatic carbocycles. The van der Waals surface area contributed by atoms with E-state index in [2.05, 4.69) is 32.6 Å². The number of hydrogen-bond donors (Lipinski definition) is 0. The fraction of sp³-hybridized carbons (Fsp3) is 0.959. The van der Waals surface area contributed by atoms with Gasteiger partial charge < -0.3 is 14.4 Å².